The maximum Gasteiger partial charge on any atom is 0.257 e. The molecule has 2 aromatic rings. The number of nitrogens with one attached hydrogen (secondary N) is 1. The topological polar surface area (TPSA) is 59.3 Å². The third-order valence-corrected chi connectivity index (χ3v) is 3.96. The Balaban J connectivity index is 1.79. The lowest BCUT2D eigenvalue weighted by Crippen LogP contribution is -2.34. The summed E-state index contributed by atoms with van der Waals surface area (Å²) in [5, 5.41) is 7.26. The van der Waals surface area contributed by atoms with E-state index in [1.165, 1.54) is 18.4 Å². The first-order valence-electron chi connectivity index (χ1n) is 7.45. The van der Waals surface area contributed by atoms with Crippen molar-refractivity contribution < 1.29 is 4.79 Å². The highest BCUT2D eigenvalue weighted by atomic mass is 16.1. The summed E-state index contributed by atoms with van der Waals surface area (Å²) in [6.07, 6.45) is 12.1. The van der Waals surface area contributed by atoms with Crippen LogP contribution in [-0.2, 0) is 0 Å². The Morgan fingerprint density at radius 2 is 2.24 bits per heavy atom. The van der Waals surface area contributed by atoms with E-state index in [-0.39, 0.29) is 11.9 Å². The van der Waals surface area contributed by atoms with Gasteiger partial charge in [0.25, 0.3) is 5.91 Å². The molecule has 1 N–H and O–H groups in total. The van der Waals surface area contributed by atoms with Crippen LogP contribution in [0.3, 0.4) is 0 Å². The fourth-order valence-electron chi connectivity index (χ4n) is 2.75. The molecule has 2 heterocycles. The quantitative estimate of drug-likeness (QED) is 0.881. The molecular weight excluding hydrogens is 264 g/mol. The van der Waals surface area contributed by atoms with E-state index in [9.17, 15) is 4.79 Å². The van der Waals surface area contributed by atoms with E-state index >= 15 is 0 Å². The Kier molecular flexibility index (Phi) is 3.73. The van der Waals surface area contributed by atoms with Crippen molar-refractivity contribution in [3.63, 3.8) is 0 Å². The van der Waals surface area contributed by atoms with E-state index in [0.29, 0.717) is 11.2 Å². The second-order valence-electron chi connectivity index (χ2n) is 5.68. The number of aryl methyl sites for hydroxylation is 1. The normalized spacial score (nSPS) is 16.6. The molecule has 0 bridgehead atoms. The molecule has 0 saturated carbocycles. The average molecular weight is 284 g/mol. The van der Waals surface area contributed by atoms with Crippen LogP contribution in [0.1, 0.15) is 48.5 Å². The monoisotopic (exact) mass is 284 g/mol. The Labute approximate surface area is 124 Å². The van der Waals surface area contributed by atoms with Crippen LogP contribution in [0, 0.1) is 6.92 Å². The van der Waals surface area contributed by atoms with Gasteiger partial charge >= 0.3 is 0 Å². The van der Waals surface area contributed by atoms with Gasteiger partial charge in [-0.1, -0.05) is 11.6 Å². The summed E-state index contributed by atoms with van der Waals surface area (Å²) >= 11 is 0. The molecule has 0 saturated heterocycles. The SMILES string of the molecule is Cc1cnc2c(C(=O)N[C@H](C)C3=CCCCC3)cnn2c1. The lowest BCUT2D eigenvalue weighted by Gasteiger charge is -2.20. The van der Waals surface area contributed by atoms with Crippen LogP contribution >= 0.6 is 0 Å². The fraction of sp³-hybridized carbons (Fsp3) is 0.438. The third kappa shape index (κ3) is 2.82. The second-order valence-corrected chi connectivity index (χ2v) is 5.68. The van der Waals surface area contributed by atoms with Crippen LogP contribution in [0.4, 0.5) is 0 Å². The molecule has 2 aromatic heterocycles. The molecule has 0 radical (unpaired) electrons. The summed E-state index contributed by atoms with van der Waals surface area (Å²) in [6, 6.07) is 0.0678. The number of amides is 1. The predicted molar refractivity (Wildman–Crippen MR) is 81.2 cm³/mol. The van der Waals surface area contributed by atoms with Crippen molar-refractivity contribution in [2.75, 3.05) is 0 Å². The molecule has 1 atom stereocenters. The van der Waals surface area contributed by atoms with Gasteiger partial charge in [0.2, 0.25) is 0 Å². The zero-order valence-corrected chi connectivity index (χ0v) is 12.5. The summed E-state index contributed by atoms with van der Waals surface area (Å²) in [5.74, 6) is -0.111. The van der Waals surface area contributed by atoms with E-state index < -0.39 is 0 Å². The largest absolute Gasteiger partial charge is 0.346 e. The molecule has 1 aliphatic rings. The van der Waals surface area contributed by atoms with Gasteiger partial charge in [-0.3, -0.25) is 4.79 Å². The van der Waals surface area contributed by atoms with E-state index in [0.717, 1.165) is 18.4 Å². The van der Waals surface area contributed by atoms with Gasteiger partial charge in [-0.2, -0.15) is 5.10 Å². The average Bonchev–Trinajstić information content (AvgIpc) is 2.91. The number of aromatic nitrogens is 3. The lowest BCUT2D eigenvalue weighted by molar-refractivity contribution is 0.0946. The van der Waals surface area contributed by atoms with Crippen LogP contribution in [-0.4, -0.2) is 26.5 Å². The summed E-state index contributed by atoms with van der Waals surface area (Å²) in [7, 11) is 0. The van der Waals surface area contributed by atoms with Gasteiger partial charge in [0.15, 0.2) is 5.65 Å². The molecule has 0 aromatic carbocycles. The Morgan fingerprint density at radius 1 is 1.38 bits per heavy atom. The smallest absolute Gasteiger partial charge is 0.257 e. The van der Waals surface area contributed by atoms with Gasteiger partial charge in [-0.05, 0) is 45.1 Å². The minimum Gasteiger partial charge on any atom is -0.346 e. The zero-order chi connectivity index (χ0) is 14.8. The van der Waals surface area contributed by atoms with Crippen molar-refractivity contribution in [1.29, 1.82) is 0 Å². The summed E-state index contributed by atoms with van der Waals surface area (Å²) in [6.45, 7) is 3.99. The van der Waals surface area contributed by atoms with Gasteiger partial charge < -0.3 is 5.32 Å². The molecule has 0 fully saturated rings. The van der Waals surface area contributed by atoms with Gasteiger partial charge in [-0.15, -0.1) is 0 Å². The maximum absolute atomic E-state index is 12.4. The molecule has 110 valence electrons. The van der Waals surface area contributed by atoms with Gasteiger partial charge in [0.1, 0.15) is 5.56 Å². The summed E-state index contributed by atoms with van der Waals surface area (Å²) in [4.78, 5) is 16.7. The Morgan fingerprint density at radius 3 is 3.00 bits per heavy atom. The van der Waals surface area contributed by atoms with Crippen LogP contribution < -0.4 is 5.32 Å². The molecule has 3 rings (SSSR count). The Hall–Kier alpha value is -2.17. The summed E-state index contributed by atoms with van der Waals surface area (Å²) < 4.78 is 1.65. The number of hydrogen-bond donors (Lipinski definition) is 1. The van der Waals surface area contributed by atoms with Crippen molar-refractivity contribution in [2.45, 2.75) is 45.6 Å². The number of fused-ring (bicyclic) bond motifs is 1. The molecule has 0 aliphatic heterocycles. The van der Waals surface area contributed by atoms with E-state index in [2.05, 4.69) is 21.5 Å². The van der Waals surface area contributed by atoms with Crippen molar-refractivity contribution in [2.24, 2.45) is 0 Å². The van der Waals surface area contributed by atoms with Crippen LogP contribution in [0.5, 0.6) is 0 Å². The number of hydrogen-bond acceptors (Lipinski definition) is 3. The minimum atomic E-state index is -0.111. The van der Waals surface area contributed by atoms with Gasteiger partial charge in [0.05, 0.1) is 6.20 Å². The predicted octanol–water partition coefficient (Wildman–Crippen LogP) is 2.66. The third-order valence-electron chi connectivity index (χ3n) is 3.96. The van der Waals surface area contributed by atoms with Crippen LogP contribution in [0.25, 0.3) is 5.65 Å². The molecule has 5 nitrogen and oxygen atoms in total. The fourth-order valence-corrected chi connectivity index (χ4v) is 2.75. The van der Waals surface area contributed by atoms with E-state index in [1.54, 1.807) is 16.9 Å². The number of carbonyl (C=O) groups is 1. The molecule has 1 amide bonds. The zero-order valence-electron chi connectivity index (χ0n) is 12.5. The number of carbonyl (C=O) groups excluding carboxylic acids is 1. The summed E-state index contributed by atoms with van der Waals surface area (Å²) in [5.41, 5.74) is 3.47. The Bertz CT molecular complexity index is 701. The molecule has 21 heavy (non-hydrogen) atoms. The molecule has 1 aliphatic carbocycles. The van der Waals surface area contributed by atoms with E-state index in [4.69, 9.17) is 0 Å². The van der Waals surface area contributed by atoms with E-state index in [1.807, 2.05) is 20.0 Å². The number of rotatable bonds is 3. The lowest BCUT2D eigenvalue weighted by atomic mass is 9.94. The van der Waals surface area contributed by atoms with Crippen molar-refractivity contribution in [3.05, 3.63) is 41.4 Å². The van der Waals surface area contributed by atoms with Crippen molar-refractivity contribution in [3.8, 4) is 0 Å². The first kappa shape index (κ1) is 13.8. The first-order chi connectivity index (χ1) is 10.1. The molecule has 0 spiro atoms. The second kappa shape index (κ2) is 5.68. The van der Waals surface area contributed by atoms with Crippen molar-refractivity contribution >= 4 is 11.6 Å². The molecule has 0 unspecified atom stereocenters. The number of nitrogens with zero attached hydrogens (tertiary/aromatic N) is 3. The van der Waals surface area contributed by atoms with Crippen molar-refractivity contribution in [1.82, 2.24) is 19.9 Å². The highest BCUT2D eigenvalue weighted by molar-refractivity contribution is 5.99. The van der Waals surface area contributed by atoms with Gasteiger partial charge in [-0.25, -0.2) is 9.50 Å². The van der Waals surface area contributed by atoms with Crippen LogP contribution in [0.15, 0.2) is 30.2 Å². The highest BCUT2D eigenvalue weighted by Crippen LogP contribution is 2.20. The van der Waals surface area contributed by atoms with Gasteiger partial charge in [0, 0.05) is 18.4 Å². The first-order valence-corrected chi connectivity index (χ1v) is 7.45. The standard InChI is InChI=1S/C16H20N4O/c1-11-8-17-15-14(9-18-20(15)10-11)16(21)19-12(2)13-6-4-3-5-7-13/h6,8-10,12H,3-5,7H2,1-2H3,(H,19,21)/t12-/m1/s1. The minimum absolute atomic E-state index is 0.0678. The molecule has 5 heteroatoms. The maximum atomic E-state index is 12.4. The highest BCUT2D eigenvalue weighted by Gasteiger charge is 2.18. The number of allylic oxidation sites excluding steroid dienone is 1. The van der Waals surface area contributed by atoms with Crippen LogP contribution in [0.2, 0.25) is 0 Å². The molecular formula is C16H20N4O.